The number of nitrogens with zero attached hydrogens (tertiary/aromatic N) is 2. The first-order chi connectivity index (χ1) is 16.5. The third-order valence-corrected chi connectivity index (χ3v) is 6.51. The lowest BCUT2D eigenvalue weighted by atomic mass is 10.0. The number of ether oxygens (including phenoxy) is 1. The molecular weight excluding hydrogens is 475 g/mol. The fraction of sp³-hybridized carbons (Fsp3) is 0.440. The molecule has 1 amide bonds. The fourth-order valence-corrected chi connectivity index (χ4v) is 4.42. The minimum absolute atomic E-state index is 0.317. The number of hydrogen-bond acceptors (Lipinski definition) is 6. The van der Waals surface area contributed by atoms with E-state index in [-0.39, 0.29) is 12.2 Å². The van der Waals surface area contributed by atoms with Crippen molar-refractivity contribution < 1.29 is 14.4 Å². The van der Waals surface area contributed by atoms with E-state index in [2.05, 4.69) is 32.8 Å². The first-order valence-corrected chi connectivity index (χ1v) is 12.4. The number of carbonyl (C=O) groups excluding carboxylic acids is 1. The van der Waals surface area contributed by atoms with Gasteiger partial charge in [-0.2, -0.15) is 0 Å². The van der Waals surface area contributed by atoms with Crippen molar-refractivity contribution in [1.29, 1.82) is 0 Å². The number of aromatic nitrogens is 1. The van der Waals surface area contributed by atoms with Crippen LogP contribution in [0.5, 0.6) is 0 Å². The maximum atomic E-state index is 12.0. The van der Waals surface area contributed by atoms with Gasteiger partial charge in [-0.3, -0.25) is 9.69 Å². The van der Waals surface area contributed by atoms with Crippen LogP contribution in [0, 0.1) is 0 Å². The number of halogens is 2. The highest BCUT2D eigenvalue weighted by atomic mass is 35.5. The van der Waals surface area contributed by atoms with Crippen molar-refractivity contribution in [3.05, 3.63) is 63.8 Å². The van der Waals surface area contributed by atoms with Crippen LogP contribution in [-0.2, 0) is 20.9 Å². The van der Waals surface area contributed by atoms with Gasteiger partial charge in [0.1, 0.15) is 5.82 Å². The summed E-state index contributed by atoms with van der Waals surface area (Å²) >= 11 is 12.4. The van der Waals surface area contributed by atoms with Gasteiger partial charge in [0.15, 0.2) is 6.29 Å². The lowest BCUT2D eigenvalue weighted by Crippen LogP contribution is -2.38. The van der Waals surface area contributed by atoms with E-state index in [4.69, 9.17) is 32.8 Å². The third kappa shape index (κ3) is 7.68. The quantitative estimate of drug-likeness (QED) is 0.386. The summed E-state index contributed by atoms with van der Waals surface area (Å²) in [4.78, 5) is 24.2. The molecular formula is C25H30Cl2N4O3. The van der Waals surface area contributed by atoms with Gasteiger partial charge in [0.2, 0.25) is 0 Å². The van der Waals surface area contributed by atoms with Crippen LogP contribution in [0.25, 0.3) is 6.08 Å². The van der Waals surface area contributed by atoms with Crippen LogP contribution in [-0.4, -0.2) is 47.8 Å². The number of pyridine rings is 1. The Labute approximate surface area is 210 Å². The number of piperidine rings is 1. The van der Waals surface area contributed by atoms with Crippen LogP contribution in [0.3, 0.4) is 0 Å². The first-order valence-electron chi connectivity index (χ1n) is 11.7. The van der Waals surface area contributed by atoms with E-state index in [0.29, 0.717) is 23.5 Å². The molecule has 7 nitrogen and oxygen atoms in total. The Morgan fingerprint density at radius 1 is 1.18 bits per heavy atom. The second-order valence-corrected chi connectivity index (χ2v) is 9.48. The number of rotatable bonds is 8. The molecule has 0 spiro atoms. The van der Waals surface area contributed by atoms with E-state index in [1.165, 1.54) is 11.6 Å². The molecule has 34 heavy (non-hydrogen) atoms. The molecule has 3 heterocycles. The lowest BCUT2D eigenvalue weighted by molar-refractivity contribution is -0.198. The molecule has 2 saturated heterocycles. The standard InChI is InChI=1S/C25H30Cl2N4O3/c26-20-7-4-18(5-8-20)17-31-12-10-21(11-13-31)29-25-22(27)15-19(16-28-25)6-9-23(32)30-34-24-3-1-2-14-33-24/h4-9,15-16,21,24H,1-3,10-14,17H2,(H,28,29)(H,30,32)/b9-6+. The molecule has 0 aliphatic carbocycles. The van der Waals surface area contributed by atoms with Crippen LogP contribution in [0.4, 0.5) is 5.82 Å². The molecule has 1 atom stereocenters. The number of anilines is 1. The summed E-state index contributed by atoms with van der Waals surface area (Å²) in [6.45, 7) is 3.59. The zero-order valence-corrected chi connectivity index (χ0v) is 20.5. The topological polar surface area (TPSA) is 75.7 Å². The van der Waals surface area contributed by atoms with Crippen molar-refractivity contribution in [2.24, 2.45) is 0 Å². The number of hydrogen-bond donors (Lipinski definition) is 2. The van der Waals surface area contributed by atoms with Crippen molar-refractivity contribution in [3.8, 4) is 0 Å². The molecule has 2 aliphatic rings. The molecule has 1 aromatic carbocycles. The van der Waals surface area contributed by atoms with Gasteiger partial charge in [0.25, 0.3) is 5.91 Å². The molecule has 0 bridgehead atoms. The second-order valence-electron chi connectivity index (χ2n) is 8.63. The normalized spacial score (nSPS) is 19.9. The van der Waals surface area contributed by atoms with Crippen LogP contribution in [0.15, 0.2) is 42.6 Å². The van der Waals surface area contributed by atoms with Crippen molar-refractivity contribution >= 4 is 41.0 Å². The van der Waals surface area contributed by atoms with Gasteiger partial charge >= 0.3 is 0 Å². The Morgan fingerprint density at radius 2 is 1.97 bits per heavy atom. The van der Waals surface area contributed by atoms with E-state index in [0.717, 1.165) is 62.3 Å². The third-order valence-electron chi connectivity index (χ3n) is 5.97. The number of amides is 1. The zero-order chi connectivity index (χ0) is 23.8. The zero-order valence-electron chi connectivity index (χ0n) is 19.0. The van der Waals surface area contributed by atoms with Crippen LogP contribution >= 0.6 is 23.2 Å². The maximum absolute atomic E-state index is 12.0. The summed E-state index contributed by atoms with van der Waals surface area (Å²) in [6, 6.07) is 10.1. The highest BCUT2D eigenvalue weighted by Crippen LogP contribution is 2.24. The van der Waals surface area contributed by atoms with E-state index in [1.807, 2.05) is 12.1 Å². The SMILES string of the molecule is O=C(/C=C/c1cnc(NC2CCN(Cc3ccc(Cl)cc3)CC2)c(Cl)c1)NOC1CCCCO1. The molecule has 9 heteroatoms. The maximum Gasteiger partial charge on any atom is 0.267 e. The molecule has 0 radical (unpaired) electrons. The summed E-state index contributed by atoms with van der Waals surface area (Å²) in [6.07, 6.45) is 9.21. The molecule has 2 aliphatic heterocycles. The van der Waals surface area contributed by atoms with Crippen molar-refractivity contribution in [2.75, 3.05) is 25.0 Å². The average Bonchev–Trinajstić information content (AvgIpc) is 2.86. The van der Waals surface area contributed by atoms with Crippen molar-refractivity contribution in [1.82, 2.24) is 15.4 Å². The fourth-order valence-electron chi connectivity index (χ4n) is 4.06. The lowest BCUT2D eigenvalue weighted by Gasteiger charge is -2.32. The van der Waals surface area contributed by atoms with Gasteiger partial charge in [0, 0.05) is 56.0 Å². The number of likely N-dealkylation sites (tertiary alicyclic amines) is 1. The molecule has 1 unspecified atom stereocenters. The summed E-state index contributed by atoms with van der Waals surface area (Å²) < 4.78 is 5.42. The Morgan fingerprint density at radius 3 is 2.68 bits per heavy atom. The molecule has 2 N–H and O–H groups in total. The Kier molecular flexibility index (Phi) is 9.18. The predicted octanol–water partition coefficient (Wildman–Crippen LogP) is 5.05. The van der Waals surface area contributed by atoms with Gasteiger partial charge in [-0.25, -0.2) is 15.3 Å². The van der Waals surface area contributed by atoms with Gasteiger partial charge < -0.3 is 10.1 Å². The highest BCUT2D eigenvalue weighted by molar-refractivity contribution is 6.33. The molecule has 1 aromatic heterocycles. The summed E-state index contributed by atoms with van der Waals surface area (Å²) in [5.74, 6) is 0.301. The molecule has 0 saturated carbocycles. The number of nitrogens with one attached hydrogen (secondary N) is 2. The minimum Gasteiger partial charge on any atom is -0.366 e. The summed E-state index contributed by atoms with van der Waals surface area (Å²) in [7, 11) is 0. The molecule has 182 valence electrons. The van der Waals surface area contributed by atoms with Crippen LogP contribution in [0.1, 0.15) is 43.2 Å². The smallest absolute Gasteiger partial charge is 0.267 e. The van der Waals surface area contributed by atoms with Gasteiger partial charge in [-0.05, 0) is 61.1 Å². The van der Waals surface area contributed by atoms with Gasteiger partial charge in [-0.15, -0.1) is 0 Å². The monoisotopic (exact) mass is 504 g/mol. The average molecular weight is 505 g/mol. The molecule has 2 fully saturated rings. The van der Waals surface area contributed by atoms with E-state index < -0.39 is 0 Å². The largest absolute Gasteiger partial charge is 0.366 e. The minimum atomic E-state index is -0.378. The summed E-state index contributed by atoms with van der Waals surface area (Å²) in [5, 5.41) is 4.75. The second kappa shape index (κ2) is 12.5. The van der Waals surface area contributed by atoms with E-state index in [1.54, 1.807) is 18.3 Å². The van der Waals surface area contributed by atoms with Crippen LogP contribution < -0.4 is 10.8 Å². The number of benzene rings is 1. The molecule has 4 rings (SSSR count). The predicted molar refractivity (Wildman–Crippen MR) is 134 cm³/mol. The van der Waals surface area contributed by atoms with Crippen molar-refractivity contribution in [3.63, 3.8) is 0 Å². The van der Waals surface area contributed by atoms with Gasteiger partial charge in [-0.1, -0.05) is 35.3 Å². The highest BCUT2D eigenvalue weighted by Gasteiger charge is 2.20. The molecule has 2 aromatic rings. The Balaban J connectivity index is 1.21. The number of hydroxylamine groups is 1. The van der Waals surface area contributed by atoms with Crippen molar-refractivity contribution in [2.45, 2.75) is 51.0 Å². The Bertz CT molecular complexity index is 973. The number of carbonyl (C=O) groups is 1. The van der Waals surface area contributed by atoms with E-state index in [9.17, 15) is 4.79 Å². The van der Waals surface area contributed by atoms with E-state index >= 15 is 0 Å². The van der Waals surface area contributed by atoms with Gasteiger partial charge in [0.05, 0.1) is 5.02 Å². The summed E-state index contributed by atoms with van der Waals surface area (Å²) in [5.41, 5.74) is 4.40. The Hall–Kier alpha value is -2.16. The first kappa shape index (κ1) is 24.9. The van der Waals surface area contributed by atoms with Crippen LogP contribution in [0.2, 0.25) is 10.0 Å².